The van der Waals surface area contributed by atoms with Crippen molar-refractivity contribution in [3.05, 3.63) is 47.8 Å². The van der Waals surface area contributed by atoms with Gasteiger partial charge in [0.15, 0.2) is 11.5 Å². The van der Waals surface area contributed by atoms with Gasteiger partial charge in [-0.1, -0.05) is 0 Å². The van der Waals surface area contributed by atoms with Crippen LogP contribution in [0.5, 0.6) is 17.2 Å². The van der Waals surface area contributed by atoms with Gasteiger partial charge in [0.2, 0.25) is 12.5 Å². The fourth-order valence-electron chi connectivity index (χ4n) is 3.35. The van der Waals surface area contributed by atoms with E-state index < -0.39 is 0 Å². The maximum absolute atomic E-state index is 13.1. The third-order valence-corrected chi connectivity index (χ3v) is 4.69. The van der Waals surface area contributed by atoms with Crippen LogP contribution in [0.1, 0.15) is 5.56 Å². The van der Waals surface area contributed by atoms with Crippen molar-refractivity contribution >= 4 is 5.69 Å². The topological polar surface area (TPSA) is 34.2 Å². The SMILES string of the molecule is COc1cc(CN2CCN(c3ccc(F)cc3)CC2)cc2c1OCO2. The molecular formula is C19H21FN2O3. The highest BCUT2D eigenvalue weighted by atomic mass is 19.1. The minimum absolute atomic E-state index is 0.195. The van der Waals surface area contributed by atoms with Crippen molar-refractivity contribution in [3.63, 3.8) is 0 Å². The van der Waals surface area contributed by atoms with Crippen molar-refractivity contribution in [1.29, 1.82) is 0 Å². The van der Waals surface area contributed by atoms with Gasteiger partial charge < -0.3 is 19.1 Å². The van der Waals surface area contributed by atoms with Crippen LogP contribution < -0.4 is 19.1 Å². The number of nitrogens with zero attached hydrogens (tertiary/aromatic N) is 2. The molecule has 1 fully saturated rings. The first-order valence-corrected chi connectivity index (χ1v) is 8.42. The monoisotopic (exact) mass is 344 g/mol. The van der Waals surface area contributed by atoms with Crippen LogP contribution >= 0.6 is 0 Å². The van der Waals surface area contributed by atoms with Gasteiger partial charge in [-0.2, -0.15) is 0 Å². The number of hydrogen-bond acceptors (Lipinski definition) is 5. The van der Waals surface area contributed by atoms with E-state index in [1.165, 1.54) is 12.1 Å². The number of rotatable bonds is 4. The quantitative estimate of drug-likeness (QED) is 0.852. The first-order valence-electron chi connectivity index (χ1n) is 8.42. The van der Waals surface area contributed by atoms with Gasteiger partial charge in [-0.15, -0.1) is 0 Å². The van der Waals surface area contributed by atoms with Crippen LogP contribution in [0.25, 0.3) is 0 Å². The molecule has 0 atom stereocenters. The van der Waals surface area contributed by atoms with Gasteiger partial charge in [-0.3, -0.25) is 4.90 Å². The summed E-state index contributed by atoms with van der Waals surface area (Å²) in [6.45, 7) is 4.83. The fourth-order valence-corrected chi connectivity index (χ4v) is 3.35. The molecular weight excluding hydrogens is 323 g/mol. The molecule has 0 saturated carbocycles. The Balaban J connectivity index is 1.40. The van der Waals surface area contributed by atoms with E-state index in [1.54, 1.807) is 7.11 Å². The number of ether oxygens (including phenoxy) is 3. The summed E-state index contributed by atoms with van der Waals surface area (Å²) in [4.78, 5) is 4.69. The predicted octanol–water partition coefficient (Wildman–Crippen LogP) is 2.89. The fraction of sp³-hybridized carbons (Fsp3) is 0.368. The van der Waals surface area contributed by atoms with E-state index in [-0.39, 0.29) is 12.6 Å². The maximum Gasteiger partial charge on any atom is 0.231 e. The normalized spacial score (nSPS) is 17.0. The summed E-state index contributed by atoms with van der Waals surface area (Å²) in [5, 5.41) is 0. The standard InChI is InChI=1S/C19H21FN2O3/c1-23-17-10-14(11-18-19(17)25-13-24-18)12-21-6-8-22(9-7-21)16-4-2-15(20)3-5-16/h2-5,10-11H,6-9,12-13H2,1H3. The second kappa shape index (κ2) is 6.80. The Hall–Kier alpha value is -2.47. The molecule has 0 bridgehead atoms. The van der Waals surface area contributed by atoms with Gasteiger partial charge >= 0.3 is 0 Å². The molecule has 2 aromatic rings. The lowest BCUT2D eigenvalue weighted by atomic mass is 10.1. The zero-order chi connectivity index (χ0) is 17.2. The molecule has 6 heteroatoms. The molecule has 2 aliphatic rings. The van der Waals surface area contributed by atoms with E-state index in [0.717, 1.165) is 55.5 Å². The molecule has 0 unspecified atom stereocenters. The lowest BCUT2D eigenvalue weighted by Crippen LogP contribution is -2.45. The minimum atomic E-state index is -0.195. The smallest absolute Gasteiger partial charge is 0.231 e. The molecule has 2 aliphatic heterocycles. The van der Waals surface area contributed by atoms with E-state index in [0.29, 0.717) is 5.75 Å². The van der Waals surface area contributed by atoms with Crippen LogP contribution in [0.3, 0.4) is 0 Å². The van der Waals surface area contributed by atoms with Crippen LogP contribution in [0.15, 0.2) is 36.4 Å². The number of hydrogen-bond donors (Lipinski definition) is 0. The van der Waals surface area contributed by atoms with E-state index in [4.69, 9.17) is 14.2 Å². The summed E-state index contributed by atoms with van der Waals surface area (Å²) in [5.74, 6) is 1.96. The zero-order valence-electron chi connectivity index (χ0n) is 14.2. The second-order valence-electron chi connectivity index (χ2n) is 6.27. The van der Waals surface area contributed by atoms with E-state index in [2.05, 4.69) is 9.80 Å². The summed E-state index contributed by atoms with van der Waals surface area (Å²) in [5.41, 5.74) is 2.22. The number of piperazine rings is 1. The Labute approximate surface area is 146 Å². The average molecular weight is 344 g/mol. The first kappa shape index (κ1) is 16.0. The second-order valence-corrected chi connectivity index (χ2v) is 6.27. The summed E-state index contributed by atoms with van der Waals surface area (Å²) in [7, 11) is 1.64. The molecule has 0 spiro atoms. The highest BCUT2D eigenvalue weighted by Crippen LogP contribution is 2.42. The Morgan fingerprint density at radius 1 is 1.04 bits per heavy atom. The molecule has 0 N–H and O–H groups in total. The molecule has 0 aliphatic carbocycles. The lowest BCUT2D eigenvalue weighted by Gasteiger charge is -2.36. The maximum atomic E-state index is 13.1. The van der Waals surface area contributed by atoms with Crippen LogP contribution in [-0.4, -0.2) is 45.0 Å². The molecule has 2 heterocycles. The van der Waals surface area contributed by atoms with Crippen LogP contribution in [0, 0.1) is 5.82 Å². The van der Waals surface area contributed by atoms with Gasteiger partial charge in [0.25, 0.3) is 0 Å². The Morgan fingerprint density at radius 3 is 2.52 bits per heavy atom. The summed E-state index contributed by atoms with van der Waals surface area (Å²) in [6, 6.07) is 10.7. The van der Waals surface area contributed by atoms with Gasteiger partial charge in [-0.05, 0) is 42.0 Å². The summed E-state index contributed by atoms with van der Waals surface area (Å²) >= 11 is 0. The van der Waals surface area contributed by atoms with Gasteiger partial charge in [0.1, 0.15) is 5.82 Å². The molecule has 0 radical (unpaired) electrons. The number of fused-ring (bicyclic) bond motifs is 1. The molecule has 0 aromatic heterocycles. The molecule has 5 nitrogen and oxygen atoms in total. The van der Waals surface area contributed by atoms with Crippen molar-refractivity contribution in [2.24, 2.45) is 0 Å². The molecule has 4 rings (SSSR count). The molecule has 132 valence electrons. The highest BCUT2D eigenvalue weighted by Gasteiger charge is 2.22. The van der Waals surface area contributed by atoms with Crippen LogP contribution in [0.2, 0.25) is 0 Å². The van der Waals surface area contributed by atoms with Crippen molar-refractivity contribution < 1.29 is 18.6 Å². The first-order chi connectivity index (χ1) is 12.2. The number of anilines is 1. The Kier molecular flexibility index (Phi) is 4.36. The average Bonchev–Trinajstić information content (AvgIpc) is 3.11. The number of halogens is 1. The van der Waals surface area contributed by atoms with Crippen LogP contribution in [0.4, 0.5) is 10.1 Å². The number of methoxy groups -OCH3 is 1. The Morgan fingerprint density at radius 2 is 1.80 bits per heavy atom. The third kappa shape index (κ3) is 3.35. The molecule has 25 heavy (non-hydrogen) atoms. The minimum Gasteiger partial charge on any atom is -0.493 e. The van der Waals surface area contributed by atoms with E-state index >= 15 is 0 Å². The Bertz CT molecular complexity index is 743. The van der Waals surface area contributed by atoms with Gasteiger partial charge in [0.05, 0.1) is 7.11 Å². The van der Waals surface area contributed by atoms with Crippen LogP contribution in [-0.2, 0) is 6.54 Å². The summed E-state index contributed by atoms with van der Waals surface area (Å²) in [6.07, 6.45) is 0. The van der Waals surface area contributed by atoms with Gasteiger partial charge in [-0.25, -0.2) is 4.39 Å². The zero-order valence-corrected chi connectivity index (χ0v) is 14.2. The molecule has 0 amide bonds. The molecule has 1 saturated heterocycles. The summed E-state index contributed by atoms with van der Waals surface area (Å²) < 4.78 is 29.4. The highest BCUT2D eigenvalue weighted by molar-refractivity contribution is 5.55. The van der Waals surface area contributed by atoms with Crippen molar-refractivity contribution in [3.8, 4) is 17.2 Å². The van der Waals surface area contributed by atoms with E-state index in [9.17, 15) is 4.39 Å². The predicted molar refractivity (Wildman–Crippen MR) is 93.0 cm³/mol. The lowest BCUT2D eigenvalue weighted by molar-refractivity contribution is 0.171. The van der Waals surface area contributed by atoms with Gasteiger partial charge in [0, 0.05) is 38.4 Å². The number of benzene rings is 2. The third-order valence-electron chi connectivity index (χ3n) is 4.69. The van der Waals surface area contributed by atoms with Crippen molar-refractivity contribution in [2.45, 2.75) is 6.54 Å². The largest absolute Gasteiger partial charge is 0.493 e. The van der Waals surface area contributed by atoms with Crippen molar-refractivity contribution in [1.82, 2.24) is 4.90 Å². The van der Waals surface area contributed by atoms with E-state index in [1.807, 2.05) is 24.3 Å². The molecule has 2 aromatic carbocycles. The van der Waals surface area contributed by atoms with Crippen molar-refractivity contribution in [2.75, 3.05) is 45.0 Å².